The van der Waals surface area contributed by atoms with Gasteiger partial charge in [0.2, 0.25) is 11.5 Å². The van der Waals surface area contributed by atoms with Crippen LogP contribution in [0.3, 0.4) is 0 Å². The van der Waals surface area contributed by atoms with Crippen LogP contribution in [0.15, 0.2) is 22.7 Å². The highest BCUT2D eigenvalue weighted by molar-refractivity contribution is 7.78. The molecule has 1 saturated carbocycles. The number of ketones is 1. The van der Waals surface area contributed by atoms with Crippen molar-refractivity contribution in [2.45, 2.75) is 24.5 Å². The number of halogens is 1. The lowest BCUT2D eigenvalue weighted by molar-refractivity contribution is 0.0586. The standard InChI is InChI=1S/C16H14ClNO6S/c1-23-16(20)13-12(15(24-18-13)9-3-4-9)14(19)10-5-2-8(6-11(10)17)7-25(21)22/h2,5-6,9H,3-4,7H2,1H3,(H,21,22)/p-1. The van der Waals surface area contributed by atoms with E-state index in [1.807, 2.05) is 0 Å². The van der Waals surface area contributed by atoms with Gasteiger partial charge in [0.15, 0.2) is 5.76 Å². The fourth-order valence-electron chi connectivity index (χ4n) is 2.49. The topological polar surface area (TPSA) is 110 Å². The van der Waals surface area contributed by atoms with Crippen LogP contribution in [0.5, 0.6) is 0 Å². The van der Waals surface area contributed by atoms with Crippen molar-refractivity contribution >= 4 is 34.4 Å². The Morgan fingerprint density at radius 3 is 2.72 bits per heavy atom. The Labute approximate surface area is 150 Å². The molecule has 0 N–H and O–H groups in total. The van der Waals surface area contributed by atoms with E-state index in [-0.39, 0.29) is 33.5 Å². The predicted molar refractivity (Wildman–Crippen MR) is 87.3 cm³/mol. The maximum Gasteiger partial charge on any atom is 0.361 e. The smallest absolute Gasteiger partial charge is 0.361 e. The fraction of sp³-hybridized carbons (Fsp3) is 0.312. The number of nitrogens with zero attached hydrogens (tertiary/aromatic N) is 1. The zero-order valence-electron chi connectivity index (χ0n) is 13.1. The van der Waals surface area contributed by atoms with Gasteiger partial charge in [-0.25, -0.2) is 4.79 Å². The van der Waals surface area contributed by atoms with Gasteiger partial charge in [-0.3, -0.25) is 9.00 Å². The van der Waals surface area contributed by atoms with Crippen LogP contribution in [0.2, 0.25) is 5.02 Å². The maximum absolute atomic E-state index is 12.9. The minimum Gasteiger partial charge on any atom is -0.772 e. The molecule has 0 spiro atoms. The molecule has 1 aliphatic carbocycles. The Kier molecular flexibility index (Phi) is 5.03. The molecule has 7 nitrogen and oxygen atoms in total. The van der Waals surface area contributed by atoms with Crippen LogP contribution in [-0.4, -0.2) is 32.8 Å². The summed E-state index contributed by atoms with van der Waals surface area (Å²) in [6.07, 6.45) is 1.69. The van der Waals surface area contributed by atoms with Gasteiger partial charge >= 0.3 is 5.97 Å². The highest BCUT2D eigenvalue weighted by Crippen LogP contribution is 2.43. The summed E-state index contributed by atoms with van der Waals surface area (Å²) in [5.41, 5.74) is 0.458. The molecule has 0 radical (unpaired) electrons. The number of ether oxygens (including phenoxy) is 1. The molecule has 0 saturated heterocycles. The van der Waals surface area contributed by atoms with Crippen LogP contribution < -0.4 is 0 Å². The van der Waals surface area contributed by atoms with Crippen LogP contribution in [0.1, 0.15) is 56.5 Å². The van der Waals surface area contributed by atoms with E-state index in [0.29, 0.717) is 11.3 Å². The number of esters is 1. The number of carbonyl (C=O) groups excluding carboxylic acids is 2. The second kappa shape index (κ2) is 7.07. The summed E-state index contributed by atoms with van der Waals surface area (Å²) >= 11 is 3.88. The highest BCUT2D eigenvalue weighted by atomic mass is 35.5. The first kappa shape index (κ1) is 17.8. The molecule has 1 aliphatic rings. The van der Waals surface area contributed by atoms with Crippen molar-refractivity contribution in [3.63, 3.8) is 0 Å². The van der Waals surface area contributed by atoms with Gasteiger partial charge in [0.05, 0.1) is 12.1 Å². The van der Waals surface area contributed by atoms with Crippen LogP contribution in [0, 0.1) is 0 Å². The average molecular weight is 383 g/mol. The molecule has 132 valence electrons. The monoisotopic (exact) mass is 382 g/mol. The minimum atomic E-state index is -2.26. The summed E-state index contributed by atoms with van der Waals surface area (Å²) in [6.45, 7) is 0. The van der Waals surface area contributed by atoms with E-state index in [9.17, 15) is 18.4 Å². The van der Waals surface area contributed by atoms with E-state index < -0.39 is 22.8 Å². The van der Waals surface area contributed by atoms with Crippen LogP contribution in [0.25, 0.3) is 0 Å². The van der Waals surface area contributed by atoms with Crippen molar-refractivity contribution in [2.75, 3.05) is 7.11 Å². The first-order valence-corrected chi connectivity index (χ1v) is 9.01. The molecule has 1 unspecified atom stereocenters. The number of aromatic nitrogens is 1. The lowest BCUT2D eigenvalue weighted by Gasteiger charge is -2.09. The molecule has 1 atom stereocenters. The van der Waals surface area contributed by atoms with Crippen molar-refractivity contribution in [3.8, 4) is 0 Å². The SMILES string of the molecule is COC(=O)c1noc(C2CC2)c1C(=O)c1ccc(CS(=O)[O-])cc1Cl. The van der Waals surface area contributed by atoms with Crippen LogP contribution in [0.4, 0.5) is 0 Å². The van der Waals surface area contributed by atoms with Crippen molar-refractivity contribution in [3.05, 3.63) is 51.4 Å². The number of benzene rings is 1. The first-order valence-electron chi connectivity index (χ1n) is 7.39. The Morgan fingerprint density at radius 2 is 2.16 bits per heavy atom. The third-order valence-corrected chi connectivity index (χ3v) is 4.72. The summed E-state index contributed by atoms with van der Waals surface area (Å²) in [5.74, 6) is -1.09. The molecule has 0 aliphatic heterocycles. The summed E-state index contributed by atoms with van der Waals surface area (Å²) in [5, 5.41) is 3.78. The predicted octanol–water partition coefficient (Wildman–Crippen LogP) is 2.60. The van der Waals surface area contributed by atoms with E-state index in [1.54, 1.807) is 0 Å². The normalized spacial score (nSPS) is 15.0. The fourth-order valence-corrected chi connectivity index (χ4v) is 3.23. The van der Waals surface area contributed by atoms with E-state index in [1.165, 1.54) is 25.3 Å². The van der Waals surface area contributed by atoms with Gasteiger partial charge in [-0.2, -0.15) is 0 Å². The number of hydrogen-bond donors (Lipinski definition) is 0. The van der Waals surface area contributed by atoms with E-state index in [2.05, 4.69) is 9.89 Å². The van der Waals surface area contributed by atoms with Gasteiger partial charge in [-0.15, -0.1) is 0 Å². The van der Waals surface area contributed by atoms with Gasteiger partial charge in [0, 0.05) is 17.2 Å². The Morgan fingerprint density at radius 1 is 1.44 bits per heavy atom. The molecule has 9 heteroatoms. The highest BCUT2D eigenvalue weighted by Gasteiger charge is 2.37. The lowest BCUT2D eigenvalue weighted by atomic mass is 9.98. The molecular formula is C16H13ClNO6S-. The molecule has 3 rings (SSSR count). The zero-order chi connectivity index (χ0) is 18.1. The minimum absolute atomic E-state index is 0.0470. The number of carbonyl (C=O) groups is 2. The van der Waals surface area contributed by atoms with Gasteiger partial charge in [0.25, 0.3) is 0 Å². The Hall–Kier alpha value is -2.03. The van der Waals surface area contributed by atoms with E-state index >= 15 is 0 Å². The average Bonchev–Trinajstić information content (AvgIpc) is 3.31. The zero-order valence-corrected chi connectivity index (χ0v) is 14.7. The Bertz CT molecular complexity index is 874. The number of methoxy groups -OCH3 is 1. The molecule has 1 aromatic carbocycles. The molecular weight excluding hydrogens is 370 g/mol. The van der Waals surface area contributed by atoms with Crippen molar-refractivity contribution in [1.82, 2.24) is 5.16 Å². The lowest BCUT2D eigenvalue weighted by Crippen LogP contribution is -2.12. The quantitative estimate of drug-likeness (QED) is 0.429. The van der Waals surface area contributed by atoms with Crippen LogP contribution in [-0.2, 0) is 21.6 Å². The van der Waals surface area contributed by atoms with Crippen molar-refractivity contribution in [2.24, 2.45) is 0 Å². The molecule has 2 aromatic rings. The molecule has 1 fully saturated rings. The molecule has 0 amide bonds. The summed E-state index contributed by atoms with van der Waals surface area (Å²) in [4.78, 5) is 24.8. The van der Waals surface area contributed by atoms with E-state index in [0.717, 1.165) is 12.8 Å². The third-order valence-electron chi connectivity index (χ3n) is 3.84. The van der Waals surface area contributed by atoms with Gasteiger partial charge in [0.1, 0.15) is 5.56 Å². The second-order valence-corrected chi connectivity index (χ2v) is 6.93. The van der Waals surface area contributed by atoms with E-state index in [4.69, 9.17) is 16.1 Å². The summed E-state index contributed by atoms with van der Waals surface area (Å²) in [7, 11) is 1.19. The summed E-state index contributed by atoms with van der Waals surface area (Å²) < 4.78 is 31.4. The van der Waals surface area contributed by atoms with Gasteiger partial charge in [-0.05, 0) is 30.5 Å². The summed E-state index contributed by atoms with van der Waals surface area (Å²) in [6, 6.07) is 4.33. The molecule has 1 heterocycles. The van der Waals surface area contributed by atoms with Crippen molar-refractivity contribution < 1.29 is 27.6 Å². The molecule has 0 bridgehead atoms. The first-order chi connectivity index (χ1) is 11.9. The third kappa shape index (κ3) is 3.65. The van der Waals surface area contributed by atoms with Crippen LogP contribution >= 0.6 is 11.6 Å². The second-order valence-electron chi connectivity index (χ2n) is 5.63. The maximum atomic E-state index is 12.9. The Balaban J connectivity index is 2.02. The van der Waals surface area contributed by atoms with Crippen molar-refractivity contribution in [1.29, 1.82) is 0 Å². The number of hydrogen-bond acceptors (Lipinski definition) is 7. The molecule has 25 heavy (non-hydrogen) atoms. The largest absolute Gasteiger partial charge is 0.772 e. The molecule has 1 aromatic heterocycles. The van der Waals surface area contributed by atoms with Gasteiger partial charge in [-0.1, -0.05) is 33.9 Å². The van der Waals surface area contributed by atoms with Gasteiger partial charge < -0.3 is 13.8 Å². The number of rotatable bonds is 6.